The van der Waals surface area contributed by atoms with Crippen LogP contribution < -0.4 is 11.1 Å². The number of carbonyl (C=O) groups is 4. The Kier molecular flexibility index (Phi) is 4.95. The second-order valence-corrected chi connectivity index (χ2v) is 4.13. The van der Waals surface area contributed by atoms with Gasteiger partial charge in [0.2, 0.25) is 11.8 Å². The zero-order chi connectivity index (χ0) is 13.8. The van der Waals surface area contributed by atoms with E-state index in [1.165, 1.54) is 0 Å². The summed E-state index contributed by atoms with van der Waals surface area (Å²) in [4.78, 5) is 43.4. The Morgan fingerprint density at radius 2 is 1.82 bits per heavy atom. The molecule has 0 aliphatic rings. The van der Waals surface area contributed by atoms with Crippen LogP contribution >= 0.6 is 12.6 Å². The summed E-state index contributed by atoms with van der Waals surface area (Å²) in [5.74, 6) is -5.06. The van der Waals surface area contributed by atoms with Gasteiger partial charge >= 0.3 is 11.9 Å². The number of aliphatic carboxylic acids is 2. The lowest BCUT2D eigenvalue weighted by molar-refractivity contribution is -0.149. The first kappa shape index (κ1) is 15.2. The number of primary amides is 1. The zero-order valence-electron chi connectivity index (χ0n) is 8.84. The molecule has 0 radical (unpaired) electrons. The Bertz CT molecular complexity index is 371. The Morgan fingerprint density at radius 1 is 1.35 bits per heavy atom. The minimum atomic E-state index is -2.30. The van der Waals surface area contributed by atoms with E-state index in [-0.39, 0.29) is 0 Å². The van der Waals surface area contributed by atoms with E-state index in [1.807, 2.05) is 5.32 Å². The van der Waals surface area contributed by atoms with Gasteiger partial charge in [-0.3, -0.25) is 19.2 Å². The summed E-state index contributed by atoms with van der Waals surface area (Å²) < 4.78 is -2.30. The number of nitrogens with one attached hydrogen (secondary N) is 1. The largest absolute Gasteiger partial charge is 0.481 e. The number of rotatable bonds is 6. The van der Waals surface area contributed by atoms with Crippen LogP contribution in [0.15, 0.2) is 0 Å². The second-order valence-electron chi connectivity index (χ2n) is 3.34. The first-order valence-electron chi connectivity index (χ1n) is 4.35. The highest BCUT2D eigenvalue weighted by atomic mass is 32.1. The Morgan fingerprint density at radius 3 is 2.06 bits per heavy atom. The molecule has 0 aromatic rings. The molecule has 5 N–H and O–H groups in total. The fourth-order valence-corrected chi connectivity index (χ4v) is 1.49. The summed E-state index contributed by atoms with van der Waals surface area (Å²) in [5.41, 5.74) is 4.93. The van der Waals surface area contributed by atoms with Gasteiger partial charge in [0.25, 0.3) is 0 Å². The highest BCUT2D eigenvalue weighted by Crippen LogP contribution is 2.24. The van der Waals surface area contributed by atoms with Gasteiger partial charge in [0.1, 0.15) is 10.8 Å². The number of carboxylic acids is 2. The summed E-state index contributed by atoms with van der Waals surface area (Å²) in [6.45, 7) is 1.03. The number of hydrogen-bond donors (Lipinski definition) is 5. The summed E-state index contributed by atoms with van der Waals surface area (Å²) in [6.07, 6.45) is -0.973. The molecule has 0 saturated carbocycles. The molecule has 0 rings (SSSR count). The van der Waals surface area contributed by atoms with Gasteiger partial charge in [-0.15, -0.1) is 0 Å². The van der Waals surface area contributed by atoms with Gasteiger partial charge in [-0.25, -0.2) is 0 Å². The topological polar surface area (TPSA) is 147 Å². The Balaban J connectivity index is 5.36. The molecule has 0 aromatic carbocycles. The number of nitrogens with two attached hydrogens (primary N) is 1. The van der Waals surface area contributed by atoms with Gasteiger partial charge in [0, 0.05) is 6.92 Å². The van der Waals surface area contributed by atoms with Gasteiger partial charge in [-0.2, -0.15) is 12.6 Å². The third kappa shape index (κ3) is 3.94. The third-order valence-electron chi connectivity index (χ3n) is 1.90. The monoisotopic (exact) mass is 264 g/mol. The lowest BCUT2D eigenvalue weighted by Gasteiger charge is -2.29. The quantitative estimate of drug-likeness (QED) is 0.358. The maximum absolute atomic E-state index is 11.1. The van der Waals surface area contributed by atoms with Crippen molar-refractivity contribution in [3.8, 4) is 0 Å². The molecule has 2 atom stereocenters. The van der Waals surface area contributed by atoms with E-state index >= 15 is 0 Å². The summed E-state index contributed by atoms with van der Waals surface area (Å²) in [5, 5.41) is 19.5. The molecule has 8 nitrogen and oxygen atoms in total. The first-order chi connectivity index (χ1) is 7.61. The van der Waals surface area contributed by atoms with Crippen molar-refractivity contribution in [3.63, 3.8) is 0 Å². The van der Waals surface area contributed by atoms with Crippen molar-refractivity contribution in [3.05, 3.63) is 0 Å². The smallest absolute Gasteiger partial charge is 0.322 e. The molecule has 96 valence electrons. The predicted molar refractivity (Wildman–Crippen MR) is 58.4 cm³/mol. The van der Waals surface area contributed by atoms with Gasteiger partial charge in [-0.05, 0) is 0 Å². The number of carboxylic acid groups (broad SMARTS) is 2. The maximum Gasteiger partial charge on any atom is 0.322 e. The Hall–Kier alpha value is -1.77. The molecule has 0 heterocycles. The number of carbonyl (C=O) groups excluding carboxylic acids is 2. The summed E-state index contributed by atoms with van der Waals surface area (Å²) >= 11 is 3.67. The molecular formula is C8H12N2O6S. The van der Waals surface area contributed by atoms with E-state index in [9.17, 15) is 19.2 Å². The van der Waals surface area contributed by atoms with Gasteiger partial charge in [0.15, 0.2) is 0 Å². The van der Waals surface area contributed by atoms with Crippen LogP contribution in [0, 0.1) is 0 Å². The van der Waals surface area contributed by atoms with Crippen LogP contribution in [0.1, 0.15) is 13.3 Å². The standard InChI is InChI=1S/C8H12N2O6S/c1-3(11)10-5(6(9)14)8(17,7(15)16)2-4(12)13/h5,17H,2H2,1H3,(H2,9,14)(H,10,11)(H,12,13)(H,15,16). The van der Waals surface area contributed by atoms with Gasteiger partial charge < -0.3 is 21.3 Å². The highest BCUT2D eigenvalue weighted by Gasteiger charge is 2.48. The fourth-order valence-electron chi connectivity index (χ4n) is 1.16. The van der Waals surface area contributed by atoms with E-state index in [0.717, 1.165) is 6.92 Å². The Labute approximate surface area is 102 Å². The van der Waals surface area contributed by atoms with Crippen LogP contribution in [0.3, 0.4) is 0 Å². The summed E-state index contributed by atoms with van der Waals surface area (Å²) in [7, 11) is 0. The number of hydrogen-bond acceptors (Lipinski definition) is 5. The molecule has 9 heteroatoms. The molecule has 0 spiro atoms. The normalized spacial score (nSPS) is 15.4. The molecule has 0 bridgehead atoms. The molecule has 0 saturated heterocycles. The van der Waals surface area contributed by atoms with Crippen LogP contribution in [-0.2, 0) is 19.2 Å². The summed E-state index contributed by atoms with van der Waals surface area (Å²) in [6, 6.07) is -1.73. The molecule has 2 unspecified atom stereocenters. The zero-order valence-corrected chi connectivity index (χ0v) is 9.73. The van der Waals surface area contributed by atoms with Crippen molar-refractivity contribution in [2.75, 3.05) is 0 Å². The van der Waals surface area contributed by atoms with Crippen molar-refractivity contribution in [1.82, 2.24) is 5.32 Å². The van der Waals surface area contributed by atoms with E-state index in [0.29, 0.717) is 0 Å². The molecule has 0 aliphatic heterocycles. The fraction of sp³-hybridized carbons (Fsp3) is 0.500. The van der Waals surface area contributed by atoms with Crippen LogP contribution in [0.5, 0.6) is 0 Å². The minimum absolute atomic E-state index is 0.723. The molecular weight excluding hydrogens is 252 g/mol. The number of thiol groups is 1. The molecule has 0 aliphatic carbocycles. The maximum atomic E-state index is 11.1. The van der Waals surface area contributed by atoms with E-state index in [2.05, 4.69) is 12.6 Å². The van der Waals surface area contributed by atoms with Gasteiger partial charge in [-0.1, -0.05) is 0 Å². The highest BCUT2D eigenvalue weighted by molar-refractivity contribution is 7.82. The van der Waals surface area contributed by atoms with Crippen molar-refractivity contribution in [1.29, 1.82) is 0 Å². The SMILES string of the molecule is CC(=O)NC(C(N)=O)C(S)(CC(=O)O)C(=O)O. The minimum Gasteiger partial charge on any atom is -0.481 e. The van der Waals surface area contributed by atoms with Crippen LogP contribution in [0.2, 0.25) is 0 Å². The van der Waals surface area contributed by atoms with Crippen molar-refractivity contribution < 1.29 is 29.4 Å². The van der Waals surface area contributed by atoms with E-state index < -0.39 is 41.0 Å². The van der Waals surface area contributed by atoms with E-state index in [1.54, 1.807) is 0 Å². The average molecular weight is 264 g/mol. The van der Waals surface area contributed by atoms with Gasteiger partial charge in [0.05, 0.1) is 6.42 Å². The lowest BCUT2D eigenvalue weighted by Crippen LogP contribution is -2.60. The van der Waals surface area contributed by atoms with Crippen LogP contribution in [-0.4, -0.2) is 44.8 Å². The first-order valence-corrected chi connectivity index (χ1v) is 4.80. The molecule has 0 aromatic heterocycles. The average Bonchev–Trinajstić information content (AvgIpc) is 2.11. The predicted octanol–water partition coefficient (Wildman–Crippen LogP) is -1.80. The number of amides is 2. The lowest BCUT2D eigenvalue weighted by atomic mass is 9.94. The van der Waals surface area contributed by atoms with Crippen molar-refractivity contribution in [2.24, 2.45) is 5.73 Å². The molecule has 2 amide bonds. The molecule has 17 heavy (non-hydrogen) atoms. The third-order valence-corrected chi connectivity index (χ3v) is 2.51. The van der Waals surface area contributed by atoms with Crippen molar-refractivity contribution in [2.45, 2.75) is 24.1 Å². The second kappa shape index (κ2) is 5.53. The van der Waals surface area contributed by atoms with Crippen LogP contribution in [0.25, 0.3) is 0 Å². The van der Waals surface area contributed by atoms with E-state index in [4.69, 9.17) is 15.9 Å². The van der Waals surface area contributed by atoms with Crippen LogP contribution in [0.4, 0.5) is 0 Å². The van der Waals surface area contributed by atoms with Crippen molar-refractivity contribution >= 4 is 36.4 Å². The molecule has 0 fully saturated rings.